The van der Waals surface area contributed by atoms with Gasteiger partial charge in [-0.05, 0) is 77.2 Å². The van der Waals surface area contributed by atoms with Crippen LogP contribution in [0.2, 0.25) is 0 Å². The van der Waals surface area contributed by atoms with E-state index in [1.807, 2.05) is 0 Å². The zero-order chi connectivity index (χ0) is 22.4. The van der Waals surface area contributed by atoms with Gasteiger partial charge < -0.3 is 10.1 Å². The highest BCUT2D eigenvalue weighted by Crippen LogP contribution is 2.27. The lowest BCUT2D eigenvalue weighted by Crippen LogP contribution is -2.36. The molecular formula is C23H29BrN2O4S. The van der Waals surface area contributed by atoms with Crippen LogP contribution in [0.15, 0.2) is 51.8 Å². The quantitative estimate of drug-likeness (QED) is 0.503. The number of carbonyl (C=O) groups excluding carboxylic acids is 1. The largest absolute Gasteiger partial charge is 0.492 e. The maximum absolute atomic E-state index is 12.6. The van der Waals surface area contributed by atoms with E-state index in [1.165, 1.54) is 12.1 Å². The summed E-state index contributed by atoms with van der Waals surface area (Å²) in [6.45, 7) is 4.73. The highest BCUT2D eigenvalue weighted by atomic mass is 79.9. The molecule has 0 saturated heterocycles. The average molecular weight is 509 g/mol. The monoisotopic (exact) mass is 508 g/mol. The summed E-state index contributed by atoms with van der Waals surface area (Å²) in [5, 5.41) is 2.80. The van der Waals surface area contributed by atoms with Crippen molar-refractivity contribution >= 4 is 37.5 Å². The van der Waals surface area contributed by atoms with Crippen LogP contribution >= 0.6 is 15.9 Å². The van der Waals surface area contributed by atoms with Crippen molar-refractivity contribution in [2.75, 3.05) is 11.9 Å². The van der Waals surface area contributed by atoms with Gasteiger partial charge >= 0.3 is 0 Å². The minimum atomic E-state index is -3.56. The van der Waals surface area contributed by atoms with Gasteiger partial charge in [0.2, 0.25) is 10.0 Å². The summed E-state index contributed by atoms with van der Waals surface area (Å²) in [6.07, 6.45) is 5.03. The SMILES string of the molecule is CC(C)COc1ccc(C(=O)Nc2ccc(S(=O)(=O)NC3CCCCC3)cc2)cc1Br. The van der Waals surface area contributed by atoms with E-state index in [4.69, 9.17) is 4.74 Å². The molecule has 31 heavy (non-hydrogen) atoms. The van der Waals surface area contributed by atoms with Crippen LogP contribution in [0.4, 0.5) is 5.69 Å². The van der Waals surface area contributed by atoms with E-state index in [-0.39, 0.29) is 16.8 Å². The van der Waals surface area contributed by atoms with Gasteiger partial charge in [-0.2, -0.15) is 0 Å². The standard InChI is InChI=1S/C23H29BrN2O4S/c1-16(2)15-30-22-13-8-17(14-21(22)24)23(27)25-18-9-11-20(12-10-18)31(28,29)26-19-6-4-3-5-7-19/h8-14,16,19,26H,3-7,15H2,1-2H3,(H,25,27). The lowest BCUT2D eigenvalue weighted by Gasteiger charge is -2.22. The molecular weight excluding hydrogens is 480 g/mol. The fraction of sp³-hybridized carbons (Fsp3) is 0.435. The number of sulfonamides is 1. The maximum atomic E-state index is 12.6. The van der Waals surface area contributed by atoms with Crippen molar-refractivity contribution in [1.29, 1.82) is 0 Å². The number of nitrogens with one attached hydrogen (secondary N) is 2. The first-order valence-corrected chi connectivity index (χ1v) is 12.9. The number of carbonyl (C=O) groups is 1. The van der Waals surface area contributed by atoms with Crippen molar-refractivity contribution in [3.8, 4) is 5.75 Å². The molecule has 0 heterocycles. The molecule has 6 nitrogen and oxygen atoms in total. The summed E-state index contributed by atoms with van der Waals surface area (Å²) >= 11 is 3.44. The first kappa shape index (κ1) is 23.8. The van der Waals surface area contributed by atoms with Crippen LogP contribution in [0.25, 0.3) is 0 Å². The normalized spacial score (nSPS) is 15.1. The van der Waals surface area contributed by atoms with E-state index in [0.717, 1.165) is 32.1 Å². The predicted molar refractivity (Wildman–Crippen MR) is 126 cm³/mol. The highest BCUT2D eigenvalue weighted by molar-refractivity contribution is 9.10. The Kier molecular flexibility index (Phi) is 8.13. The summed E-state index contributed by atoms with van der Waals surface area (Å²) in [6, 6.07) is 11.4. The first-order valence-electron chi connectivity index (χ1n) is 10.6. The Hall–Kier alpha value is -1.90. The molecule has 2 aromatic carbocycles. The molecule has 2 N–H and O–H groups in total. The van der Waals surface area contributed by atoms with Gasteiger partial charge in [0.05, 0.1) is 16.0 Å². The summed E-state index contributed by atoms with van der Waals surface area (Å²) in [5.74, 6) is 0.803. The first-order chi connectivity index (χ1) is 14.7. The molecule has 1 amide bonds. The zero-order valence-electron chi connectivity index (χ0n) is 17.9. The molecule has 168 valence electrons. The molecule has 1 aliphatic rings. The van der Waals surface area contributed by atoms with Crippen LogP contribution in [0, 0.1) is 5.92 Å². The number of anilines is 1. The molecule has 1 saturated carbocycles. The molecule has 0 aromatic heterocycles. The second-order valence-corrected chi connectivity index (χ2v) is 10.9. The van der Waals surface area contributed by atoms with Crippen molar-refractivity contribution in [3.05, 3.63) is 52.5 Å². The summed E-state index contributed by atoms with van der Waals surface area (Å²) < 4.78 is 34.4. The third-order valence-electron chi connectivity index (χ3n) is 5.12. The maximum Gasteiger partial charge on any atom is 0.255 e. The average Bonchev–Trinajstić information content (AvgIpc) is 2.73. The Morgan fingerprint density at radius 2 is 1.77 bits per heavy atom. The van der Waals surface area contributed by atoms with Crippen LogP contribution in [0.1, 0.15) is 56.3 Å². The Morgan fingerprint density at radius 1 is 1.10 bits per heavy atom. The number of rotatable bonds is 8. The molecule has 0 atom stereocenters. The smallest absolute Gasteiger partial charge is 0.255 e. The fourth-order valence-electron chi connectivity index (χ4n) is 3.44. The molecule has 0 spiro atoms. The second-order valence-electron chi connectivity index (χ2n) is 8.28. The number of benzene rings is 2. The molecule has 0 aliphatic heterocycles. The molecule has 1 aliphatic carbocycles. The van der Waals surface area contributed by atoms with Crippen molar-refractivity contribution in [3.63, 3.8) is 0 Å². The van der Waals surface area contributed by atoms with Crippen LogP contribution in [0.5, 0.6) is 5.75 Å². The minimum Gasteiger partial charge on any atom is -0.492 e. The van der Waals surface area contributed by atoms with Crippen molar-refractivity contribution in [1.82, 2.24) is 4.72 Å². The third kappa shape index (κ3) is 6.79. The molecule has 0 bridgehead atoms. The fourth-order valence-corrected chi connectivity index (χ4v) is 5.24. The van der Waals surface area contributed by atoms with E-state index >= 15 is 0 Å². The highest BCUT2D eigenvalue weighted by Gasteiger charge is 2.21. The summed E-state index contributed by atoms with van der Waals surface area (Å²) in [4.78, 5) is 12.8. The Balaban J connectivity index is 1.62. The number of hydrogen-bond donors (Lipinski definition) is 2. The van der Waals surface area contributed by atoms with Crippen molar-refractivity contribution in [2.24, 2.45) is 5.92 Å². The molecule has 3 rings (SSSR count). The van der Waals surface area contributed by atoms with Crippen LogP contribution in [0.3, 0.4) is 0 Å². The van der Waals surface area contributed by atoms with E-state index in [2.05, 4.69) is 39.8 Å². The molecule has 0 radical (unpaired) electrons. The van der Waals surface area contributed by atoms with Gasteiger partial charge in [-0.1, -0.05) is 33.1 Å². The van der Waals surface area contributed by atoms with Gasteiger partial charge in [-0.15, -0.1) is 0 Å². The predicted octanol–water partition coefficient (Wildman–Crippen LogP) is 5.35. The Labute approximate surface area is 193 Å². The third-order valence-corrected chi connectivity index (χ3v) is 7.27. The molecule has 2 aromatic rings. The summed E-state index contributed by atoms with van der Waals surface area (Å²) in [5.41, 5.74) is 0.998. The van der Waals surface area contributed by atoms with Gasteiger partial charge in [-0.25, -0.2) is 13.1 Å². The van der Waals surface area contributed by atoms with Crippen molar-refractivity contribution < 1.29 is 17.9 Å². The minimum absolute atomic E-state index is 0.00376. The molecule has 0 unspecified atom stereocenters. The van der Waals surface area contributed by atoms with Gasteiger partial charge in [-0.3, -0.25) is 4.79 Å². The lowest BCUT2D eigenvalue weighted by atomic mass is 9.96. The Bertz CT molecular complexity index is 1000. The van der Waals surface area contributed by atoms with E-state index < -0.39 is 10.0 Å². The van der Waals surface area contributed by atoms with Gasteiger partial charge in [0.15, 0.2) is 0 Å². The zero-order valence-corrected chi connectivity index (χ0v) is 20.3. The number of hydrogen-bond acceptors (Lipinski definition) is 4. The van der Waals surface area contributed by atoms with Crippen LogP contribution < -0.4 is 14.8 Å². The number of ether oxygens (including phenoxy) is 1. The topological polar surface area (TPSA) is 84.5 Å². The van der Waals surface area contributed by atoms with E-state index in [0.29, 0.717) is 34.0 Å². The van der Waals surface area contributed by atoms with Gasteiger partial charge in [0.25, 0.3) is 5.91 Å². The van der Waals surface area contributed by atoms with Gasteiger partial charge in [0, 0.05) is 17.3 Å². The second kappa shape index (κ2) is 10.6. The van der Waals surface area contributed by atoms with Gasteiger partial charge in [0.1, 0.15) is 5.75 Å². The molecule has 8 heteroatoms. The Morgan fingerprint density at radius 3 is 2.39 bits per heavy atom. The van der Waals surface area contributed by atoms with E-state index in [1.54, 1.807) is 30.3 Å². The van der Waals surface area contributed by atoms with Crippen LogP contribution in [-0.2, 0) is 10.0 Å². The lowest BCUT2D eigenvalue weighted by molar-refractivity contribution is 0.102. The van der Waals surface area contributed by atoms with Crippen LogP contribution in [-0.4, -0.2) is 27.0 Å². The number of amides is 1. The van der Waals surface area contributed by atoms with E-state index in [9.17, 15) is 13.2 Å². The molecule has 1 fully saturated rings. The van der Waals surface area contributed by atoms with Crippen molar-refractivity contribution in [2.45, 2.75) is 56.9 Å². The summed E-state index contributed by atoms with van der Waals surface area (Å²) in [7, 11) is -3.56. The number of halogens is 1.